The zero-order valence-corrected chi connectivity index (χ0v) is 8.03. The molecular formula is C9H10ClNO3. The van der Waals surface area contributed by atoms with Gasteiger partial charge in [-0.3, -0.25) is 4.79 Å². The van der Waals surface area contributed by atoms with Crippen LogP contribution in [0.2, 0.25) is 5.02 Å². The van der Waals surface area contributed by atoms with E-state index in [1.807, 2.05) is 0 Å². The summed E-state index contributed by atoms with van der Waals surface area (Å²) in [5, 5.41) is 18.1. The van der Waals surface area contributed by atoms with Gasteiger partial charge in [-0.1, -0.05) is 11.6 Å². The van der Waals surface area contributed by atoms with Gasteiger partial charge in [0, 0.05) is 5.02 Å². The number of nitrogens with two attached hydrogens (primary N) is 1. The van der Waals surface area contributed by atoms with Crippen LogP contribution in [0, 0.1) is 0 Å². The van der Waals surface area contributed by atoms with Crippen molar-refractivity contribution in [1.82, 2.24) is 0 Å². The van der Waals surface area contributed by atoms with Gasteiger partial charge in [-0.05, 0) is 30.2 Å². The normalized spacial score (nSPS) is 12.4. The molecule has 0 saturated carbocycles. The molecule has 1 unspecified atom stereocenters. The second-order valence-electron chi connectivity index (χ2n) is 2.92. The van der Waals surface area contributed by atoms with Crippen LogP contribution in [0.4, 0.5) is 0 Å². The van der Waals surface area contributed by atoms with Crippen molar-refractivity contribution in [2.75, 3.05) is 0 Å². The molecule has 0 saturated heterocycles. The molecule has 76 valence electrons. The minimum atomic E-state index is -1.09. The van der Waals surface area contributed by atoms with Crippen molar-refractivity contribution < 1.29 is 15.0 Å². The molecule has 0 spiro atoms. The van der Waals surface area contributed by atoms with E-state index >= 15 is 0 Å². The van der Waals surface area contributed by atoms with Gasteiger partial charge in [0.15, 0.2) is 0 Å². The maximum absolute atomic E-state index is 10.5. The Hall–Kier alpha value is -1.26. The Morgan fingerprint density at radius 3 is 2.79 bits per heavy atom. The highest BCUT2D eigenvalue weighted by Gasteiger charge is 2.14. The van der Waals surface area contributed by atoms with Gasteiger partial charge in [0.25, 0.3) is 0 Å². The van der Waals surface area contributed by atoms with Crippen LogP contribution in [0.5, 0.6) is 5.75 Å². The Balaban J connectivity index is 2.85. The lowest BCUT2D eigenvalue weighted by Gasteiger charge is -2.08. The molecule has 5 heteroatoms. The third-order valence-corrected chi connectivity index (χ3v) is 2.16. The lowest BCUT2D eigenvalue weighted by atomic mass is 10.1. The molecule has 14 heavy (non-hydrogen) atoms. The fraction of sp³-hybridized carbons (Fsp3) is 0.222. The summed E-state index contributed by atoms with van der Waals surface area (Å²) < 4.78 is 0. The molecule has 1 atom stereocenters. The van der Waals surface area contributed by atoms with E-state index in [0.717, 1.165) is 0 Å². The number of halogens is 1. The van der Waals surface area contributed by atoms with Crippen LogP contribution in [-0.2, 0) is 11.2 Å². The van der Waals surface area contributed by atoms with Gasteiger partial charge in [-0.2, -0.15) is 0 Å². The summed E-state index contributed by atoms with van der Waals surface area (Å²) >= 11 is 5.79. The number of aliphatic carboxylic acids is 1. The van der Waals surface area contributed by atoms with E-state index in [0.29, 0.717) is 10.6 Å². The van der Waals surface area contributed by atoms with Crippen molar-refractivity contribution in [2.24, 2.45) is 5.73 Å². The van der Waals surface area contributed by atoms with Crippen LogP contribution in [0.3, 0.4) is 0 Å². The first-order valence-corrected chi connectivity index (χ1v) is 4.34. The Morgan fingerprint density at radius 1 is 1.57 bits per heavy atom. The van der Waals surface area contributed by atoms with Crippen molar-refractivity contribution >= 4 is 17.6 Å². The van der Waals surface area contributed by atoms with Gasteiger partial charge in [-0.25, -0.2) is 0 Å². The number of hydrogen-bond acceptors (Lipinski definition) is 3. The molecule has 0 heterocycles. The van der Waals surface area contributed by atoms with Crippen LogP contribution in [0.1, 0.15) is 5.56 Å². The molecule has 1 rings (SSSR count). The minimum Gasteiger partial charge on any atom is -0.508 e. The second kappa shape index (κ2) is 4.30. The molecule has 0 bridgehead atoms. The van der Waals surface area contributed by atoms with Gasteiger partial charge in [-0.15, -0.1) is 0 Å². The summed E-state index contributed by atoms with van der Waals surface area (Å²) in [4.78, 5) is 10.5. The number of carbonyl (C=O) groups is 1. The smallest absolute Gasteiger partial charge is 0.320 e. The molecule has 1 aromatic rings. The molecule has 0 fully saturated rings. The fourth-order valence-corrected chi connectivity index (χ4v) is 1.24. The molecule has 0 aliphatic rings. The van der Waals surface area contributed by atoms with Crippen molar-refractivity contribution in [3.05, 3.63) is 28.8 Å². The minimum absolute atomic E-state index is 0.0435. The Labute approximate surface area is 85.9 Å². The van der Waals surface area contributed by atoms with Gasteiger partial charge < -0.3 is 15.9 Å². The molecule has 1 aromatic carbocycles. The average molecular weight is 216 g/mol. The molecular weight excluding hydrogens is 206 g/mol. The third-order valence-electron chi connectivity index (χ3n) is 1.79. The summed E-state index contributed by atoms with van der Waals surface area (Å²) in [5.74, 6) is -1.05. The SMILES string of the molecule is NC(Cc1cc(O)ccc1Cl)C(=O)O. The Bertz CT molecular complexity index is 354. The summed E-state index contributed by atoms with van der Waals surface area (Å²) in [6.07, 6.45) is 0.0998. The number of rotatable bonds is 3. The highest BCUT2D eigenvalue weighted by atomic mass is 35.5. The predicted molar refractivity (Wildman–Crippen MR) is 52.4 cm³/mol. The highest BCUT2D eigenvalue weighted by Crippen LogP contribution is 2.22. The van der Waals surface area contributed by atoms with Gasteiger partial charge in [0.1, 0.15) is 11.8 Å². The van der Waals surface area contributed by atoms with Crippen molar-refractivity contribution in [1.29, 1.82) is 0 Å². The molecule has 0 aliphatic heterocycles. The Kier molecular flexibility index (Phi) is 3.33. The third kappa shape index (κ3) is 2.61. The number of phenolic OH excluding ortho intramolecular Hbond substituents is 1. The first-order valence-electron chi connectivity index (χ1n) is 3.96. The zero-order valence-electron chi connectivity index (χ0n) is 7.27. The second-order valence-corrected chi connectivity index (χ2v) is 3.33. The van der Waals surface area contributed by atoms with E-state index < -0.39 is 12.0 Å². The first kappa shape index (κ1) is 10.8. The van der Waals surface area contributed by atoms with Crippen LogP contribution in [0.25, 0.3) is 0 Å². The van der Waals surface area contributed by atoms with Crippen LogP contribution < -0.4 is 5.73 Å². The molecule has 4 nitrogen and oxygen atoms in total. The van der Waals surface area contributed by atoms with E-state index in [1.165, 1.54) is 18.2 Å². The van der Waals surface area contributed by atoms with Crippen LogP contribution in [0.15, 0.2) is 18.2 Å². The van der Waals surface area contributed by atoms with E-state index in [1.54, 1.807) is 0 Å². The number of hydrogen-bond donors (Lipinski definition) is 3. The largest absolute Gasteiger partial charge is 0.508 e. The van der Waals surface area contributed by atoms with E-state index in [4.69, 9.17) is 27.5 Å². The monoisotopic (exact) mass is 215 g/mol. The van der Waals surface area contributed by atoms with Crippen LogP contribution >= 0.6 is 11.6 Å². The summed E-state index contributed by atoms with van der Waals surface area (Å²) in [5.41, 5.74) is 5.86. The average Bonchev–Trinajstić information content (AvgIpc) is 2.11. The first-order chi connectivity index (χ1) is 6.50. The molecule has 0 aliphatic carbocycles. The lowest BCUT2D eigenvalue weighted by Crippen LogP contribution is -2.32. The fourth-order valence-electron chi connectivity index (χ4n) is 1.04. The Morgan fingerprint density at radius 2 is 2.21 bits per heavy atom. The van der Waals surface area contributed by atoms with Crippen molar-refractivity contribution in [2.45, 2.75) is 12.5 Å². The summed E-state index contributed by atoms with van der Waals surface area (Å²) in [6.45, 7) is 0. The van der Waals surface area contributed by atoms with Gasteiger partial charge in [0.05, 0.1) is 0 Å². The maximum Gasteiger partial charge on any atom is 0.320 e. The number of benzene rings is 1. The van der Waals surface area contributed by atoms with Gasteiger partial charge >= 0.3 is 5.97 Å². The predicted octanol–water partition coefficient (Wildman–Crippen LogP) is 1.00. The van der Waals surface area contributed by atoms with Crippen molar-refractivity contribution in [3.8, 4) is 5.75 Å². The number of phenols is 1. The van der Waals surface area contributed by atoms with E-state index in [-0.39, 0.29) is 12.2 Å². The van der Waals surface area contributed by atoms with Crippen molar-refractivity contribution in [3.63, 3.8) is 0 Å². The van der Waals surface area contributed by atoms with Gasteiger partial charge in [0.2, 0.25) is 0 Å². The number of carboxylic acids is 1. The van der Waals surface area contributed by atoms with E-state index in [9.17, 15) is 4.79 Å². The zero-order chi connectivity index (χ0) is 10.7. The maximum atomic E-state index is 10.5. The molecule has 0 amide bonds. The number of aromatic hydroxyl groups is 1. The molecule has 4 N–H and O–H groups in total. The quantitative estimate of drug-likeness (QED) is 0.703. The molecule has 0 radical (unpaired) electrons. The summed E-state index contributed by atoms with van der Waals surface area (Å²) in [7, 11) is 0. The molecule has 0 aromatic heterocycles. The lowest BCUT2D eigenvalue weighted by molar-refractivity contribution is -0.138. The standard InChI is InChI=1S/C9H10ClNO3/c10-7-2-1-6(12)3-5(7)4-8(11)9(13)14/h1-3,8,12H,4,11H2,(H,13,14). The summed E-state index contributed by atoms with van der Waals surface area (Å²) in [6, 6.07) is 3.33. The highest BCUT2D eigenvalue weighted by molar-refractivity contribution is 6.31. The van der Waals surface area contributed by atoms with E-state index in [2.05, 4.69) is 0 Å². The van der Waals surface area contributed by atoms with Crippen LogP contribution in [-0.4, -0.2) is 22.2 Å². The number of carboxylic acid groups (broad SMARTS) is 1. The topological polar surface area (TPSA) is 83.5 Å².